The molecular weight excluding hydrogens is 284 g/mol. The van der Waals surface area contributed by atoms with Crippen LogP contribution >= 0.6 is 0 Å². The van der Waals surface area contributed by atoms with Gasteiger partial charge in [-0.15, -0.1) is 0 Å². The van der Waals surface area contributed by atoms with Gasteiger partial charge in [0, 0.05) is 32.3 Å². The highest BCUT2D eigenvalue weighted by Gasteiger charge is 2.14. The summed E-state index contributed by atoms with van der Waals surface area (Å²) in [6.45, 7) is 5.42. The van der Waals surface area contributed by atoms with E-state index in [1.165, 1.54) is 0 Å². The van der Waals surface area contributed by atoms with E-state index >= 15 is 0 Å². The molecule has 1 N–H and O–H groups in total. The van der Waals surface area contributed by atoms with E-state index in [-0.39, 0.29) is 12.1 Å². The average molecular weight is 310 g/mol. The molecule has 0 radical (unpaired) electrons. The Morgan fingerprint density at radius 1 is 1.32 bits per heavy atom. The van der Waals surface area contributed by atoms with Crippen molar-refractivity contribution in [3.05, 3.63) is 23.8 Å². The van der Waals surface area contributed by atoms with Gasteiger partial charge in [-0.3, -0.25) is 0 Å². The maximum Gasteiger partial charge on any atom is 0.317 e. The van der Waals surface area contributed by atoms with Gasteiger partial charge in [-0.2, -0.15) is 0 Å². The number of hydrogen-bond donors (Lipinski definition) is 1. The van der Waals surface area contributed by atoms with Gasteiger partial charge in [0.2, 0.25) is 0 Å². The zero-order valence-corrected chi connectivity index (χ0v) is 14.0. The van der Waals surface area contributed by atoms with E-state index in [1.54, 1.807) is 26.2 Å². The van der Waals surface area contributed by atoms with E-state index in [4.69, 9.17) is 14.2 Å². The summed E-state index contributed by atoms with van der Waals surface area (Å²) in [6.07, 6.45) is 0.00658. The van der Waals surface area contributed by atoms with Gasteiger partial charge in [0.1, 0.15) is 0 Å². The largest absolute Gasteiger partial charge is 0.493 e. The number of benzene rings is 1. The summed E-state index contributed by atoms with van der Waals surface area (Å²) in [6, 6.07) is 5.42. The first kappa shape index (κ1) is 18.1. The van der Waals surface area contributed by atoms with Crippen LogP contribution in [-0.4, -0.2) is 51.5 Å². The fourth-order valence-corrected chi connectivity index (χ4v) is 2.20. The quantitative estimate of drug-likeness (QED) is 0.800. The Morgan fingerprint density at radius 3 is 2.64 bits per heavy atom. The first-order chi connectivity index (χ1) is 10.5. The van der Waals surface area contributed by atoms with E-state index in [0.29, 0.717) is 31.2 Å². The SMILES string of the molecule is CCO[C@@H](C)CN(C)C(=O)NCc1cccc(OC)c1OC. The highest BCUT2D eigenvalue weighted by atomic mass is 16.5. The predicted molar refractivity (Wildman–Crippen MR) is 85.5 cm³/mol. The second-order valence-electron chi connectivity index (χ2n) is 4.96. The Kier molecular flexibility index (Phi) is 7.52. The summed E-state index contributed by atoms with van der Waals surface area (Å²) in [5.41, 5.74) is 0.862. The number of likely N-dealkylation sites (N-methyl/N-ethyl adjacent to an activating group) is 1. The van der Waals surface area contributed by atoms with Gasteiger partial charge >= 0.3 is 6.03 Å². The first-order valence-corrected chi connectivity index (χ1v) is 7.33. The van der Waals surface area contributed by atoms with Crippen molar-refractivity contribution in [2.24, 2.45) is 0 Å². The molecule has 0 aliphatic heterocycles. The summed E-state index contributed by atoms with van der Waals surface area (Å²) in [5.74, 6) is 1.28. The topological polar surface area (TPSA) is 60.0 Å². The lowest BCUT2D eigenvalue weighted by molar-refractivity contribution is 0.0580. The minimum atomic E-state index is -0.156. The van der Waals surface area contributed by atoms with Crippen molar-refractivity contribution in [2.45, 2.75) is 26.5 Å². The van der Waals surface area contributed by atoms with E-state index < -0.39 is 0 Å². The van der Waals surface area contributed by atoms with Crippen LogP contribution in [0.15, 0.2) is 18.2 Å². The van der Waals surface area contributed by atoms with Gasteiger partial charge in [0.05, 0.1) is 20.3 Å². The molecule has 1 atom stereocenters. The van der Waals surface area contributed by atoms with Crippen molar-refractivity contribution in [3.8, 4) is 11.5 Å². The third-order valence-corrected chi connectivity index (χ3v) is 3.24. The molecule has 0 saturated carbocycles. The fraction of sp³-hybridized carbons (Fsp3) is 0.562. The van der Waals surface area contributed by atoms with Crippen LogP contribution in [0, 0.1) is 0 Å². The summed E-state index contributed by atoms with van der Waals surface area (Å²) in [4.78, 5) is 13.7. The summed E-state index contributed by atoms with van der Waals surface area (Å²) in [7, 11) is 4.91. The van der Waals surface area contributed by atoms with Crippen molar-refractivity contribution >= 4 is 6.03 Å². The lowest BCUT2D eigenvalue weighted by Gasteiger charge is -2.22. The van der Waals surface area contributed by atoms with E-state index in [0.717, 1.165) is 5.56 Å². The van der Waals surface area contributed by atoms with Gasteiger partial charge < -0.3 is 24.4 Å². The van der Waals surface area contributed by atoms with Gasteiger partial charge in [0.25, 0.3) is 0 Å². The van der Waals surface area contributed by atoms with E-state index in [2.05, 4.69) is 5.32 Å². The molecule has 0 fully saturated rings. The zero-order chi connectivity index (χ0) is 16.5. The number of carbonyl (C=O) groups excluding carboxylic acids is 1. The van der Waals surface area contributed by atoms with Crippen LogP contribution < -0.4 is 14.8 Å². The van der Waals surface area contributed by atoms with Crippen LogP contribution in [0.2, 0.25) is 0 Å². The minimum Gasteiger partial charge on any atom is -0.493 e. The molecule has 6 nitrogen and oxygen atoms in total. The van der Waals surface area contributed by atoms with E-state index in [1.807, 2.05) is 32.0 Å². The minimum absolute atomic E-state index is 0.00658. The van der Waals surface area contributed by atoms with Crippen molar-refractivity contribution in [2.75, 3.05) is 34.4 Å². The molecule has 0 bridgehead atoms. The number of carbonyl (C=O) groups is 1. The molecule has 1 aromatic carbocycles. The summed E-state index contributed by atoms with van der Waals surface area (Å²) < 4.78 is 16.0. The highest BCUT2D eigenvalue weighted by molar-refractivity contribution is 5.74. The number of para-hydroxylation sites is 1. The number of rotatable bonds is 8. The van der Waals surface area contributed by atoms with Crippen molar-refractivity contribution < 1.29 is 19.0 Å². The smallest absolute Gasteiger partial charge is 0.317 e. The Morgan fingerprint density at radius 2 is 2.05 bits per heavy atom. The van der Waals surface area contributed by atoms with Crippen LogP contribution in [0.3, 0.4) is 0 Å². The zero-order valence-electron chi connectivity index (χ0n) is 14.0. The molecule has 0 saturated heterocycles. The van der Waals surface area contributed by atoms with Gasteiger partial charge in [-0.1, -0.05) is 12.1 Å². The summed E-state index contributed by atoms with van der Waals surface area (Å²) >= 11 is 0. The molecule has 0 aliphatic rings. The molecule has 124 valence electrons. The lowest BCUT2D eigenvalue weighted by atomic mass is 10.2. The number of ether oxygens (including phenoxy) is 3. The molecule has 2 amide bonds. The third kappa shape index (κ3) is 5.11. The lowest BCUT2D eigenvalue weighted by Crippen LogP contribution is -2.41. The molecule has 0 aliphatic carbocycles. The Bertz CT molecular complexity index is 479. The number of amides is 2. The average Bonchev–Trinajstić information content (AvgIpc) is 2.51. The maximum absolute atomic E-state index is 12.1. The third-order valence-electron chi connectivity index (χ3n) is 3.24. The molecule has 0 spiro atoms. The number of hydrogen-bond acceptors (Lipinski definition) is 4. The molecule has 1 aromatic rings. The normalized spacial score (nSPS) is 11.7. The highest BCUT2D eigenvalue weighted by Crippen LogP contribution is 2.30. The molecule has 0 aromatic heterocycles. The predicted octanol–water partition coefficient (Wildman–Crippen LogP) is 2.27. The van der Waals surface area contributed by atoms with Crippen LogP contribution in [0.5, 0.6) is 11.5 Å². The van der Waals surface area contributed by atoms with Crippen molar-refractivity contribution in [1.29, 1.82) is 0 Å². The summed E-state index contributed by atoms with van der Waals surface area (Å²) in [5, 5.41) is 2.87. The second-order valence-corrected chi connectivity index (χ2v) is 4.96. The standard InChI is InChI=1S/C16H26N2O4/c1-6-22-12(2)11-18(3)16(19)17-10-13-8-7-9-14(20-4)15(13)21-5/h7-9,12H,6,10-11H2,1-5H3,(H,17,19)/t12-/m0/s1. The van der Waals surface area contributed by atoms with Crippen LogP contribution in [0.1, 0.15) is 19.4 Å². The molecular formula is C16H26N2O4. The van der Waals surface area contributed by atoms with Gasteiger partial charge in [-0.25, -0.2) is 4.79 Å². The number of nitrogens with one attached hydrogen (secondary N) is 1. The molecule has 1 rings (SSSR count). The van der Waals surface area contributed by atoms with E-state index in [9.17, 15) is 4.79 Å². The Hall–Kier alpha value is -1.95. The molecule has 0 heterocycles. The number of methoxy groups -OCH3 is 2. The molecule has 6 heteroatoms. The van der Waals surface area contributed by atoms with Crippen LogP contribution in [-0.2, 0) is 11.3 Å². The number of urea groups is 1. The van der Waals surface area contributed by atoms with Crippen LogP contribution in [0.4, 0.5) is 4.79 Å². The molecule has 22 heavy (non-hydrogen) atoms. The van der Waals surface area contributed by atoms with Crippen molar-refractivity contribution in [1.82, 2.24) is 10.2 Å². The fourth-order valence-electron chi connectivity index (χ4n) is 2.20. The van der Waals surface area contributed by atoms with Crippen LogP contribution in [0.25, 0.3) is 0 Å². The monoisotopic (exact) mass is 310 g/mol. The van der Waals surface area contributed by atoms with Gasteiger partial charge in [-0.05, 0) is 19.9 Å². The maximum atomic E-state index is 12.1. The first-order valence-electron chi connectivity index (χ1n) is 7.33. The van der Waals surface area contributed by atoms with Gasteiger partial charge in [0.15, 0.2) is 11.5 Å². The Labute approximate surface area is 132 Å². The number of nitrogens with zero attached hydrogens (tertiary/aromatic N) is 1. The molecule has 0 unspecified atom stereocenters. The Balaban J connectivity index is 2.60. The van der Waals surface area contributed by atoms with Crippen molar-refractivity contribution in [3.63, 3.8) is 0 Å². The second kappa shape index (κ2) is 9.15.